The first kappa shape index (κ1) is 29.3. The number of nitrogens with one attached hydrogen (secondary N) is 2. The van der Waals surface area contributed by atoms with Crippen molar-refractivity contribution < 1.29 is 18.0 Å². The topological polar surface area (TPSA) is 119 Å². The average molecular weight is 555 g/mol. The van der Waals surface area contributed by atoms with Gasteiger partial charge in [0.15, 0.2) is 0 Å². The van der Waals surface area contributed by atoms with Crippen molar-refractivity contribution >= 4 is 43.3 Å². The molecule has 1 aromatic heterocycles. The van der Waals surface area contributed by atoms with Gasteiger partial charge in [0, 0.05) is 24.3 Å². The zero-order chi connectivity index (χ0) is 27.7. The van der Waals surface area contributed by atoms with Crippen LogP contribution in [0.1, 0.15) is 55.3 Å². The molecule has 1 heterocycles. The number of carbonyl (C=O) groups is 2. The lowest BCUT2D eigenvalue weighted by molar-refractivity contribution is -0.123. The summed E-state index contributed by atoms with van der Waals surface area (Å²) in [4.78, 5) is 26.5. The molecular weight excluding hydrogens is 520 g/mol. The normalized spacial score (nSPS) is 12.4. The molecule has 0 aliphatic heterocycles. The molecule has 202 valence electrons. The minimum atomic E-state index is -3.85. The second-order valence-corrected chi connectivity index (χ2v) is 12.5. The van der Waals surface area contributed by atoms with Crippen LogP contribution in [0, 0.1) is 17.2 Å². The van der Waals surface area contributed by atoms with Gasteiger partial charge in [-0.25, -0.2) is 8.42 Å². The van der Waals surface area contributed by atoms with Gasteiger partial charge in [-0.2, -0.15) is 9.57 Å². The predicted octanol–water partition coefficient (Wildman–Crippen LogP) is 4.52. The smallest absolute Gasteiger partial charge is 0.262 e. The van der Waals surface area contributed by atoms with Crippen LogP contribution in [0.3, 0.4) is 0 Å². The van der Waals surface area contributed by atoms with Crippen LogP contribution in [0.5, 0.6) is 0 Å². The Balaban J connectivity index is 1.61. The van der Waals surface area contributed by atoms with E-state index in [0.29, 0.717) is 30.7 Å². The third kappa shape index (κ3) is 7.40. The molecule has 0 unspecified atom stereocenters. The van der Waals surface area contributed by atoms with E-state index in [1.54, 1.807) is 12.1 Å². The van der Waals surface area contributed by atoms with E-state index in [9.17, 15) is 23.3 Å². The summed E-state index contributed by atoms with van der Waals surface area (Å²) in [6, 6.07) is 17.0. The highest BCUT2D eigenvalue weighted by atomic mass is 32.2. The van der Waals surface area contributed by atoms with Crippen molar-refractivity contribution in [3.8, 4) is 6.07 Å². The average Bonchev–Trinajstić information content (AvgIpc) is 3.34. The van der Waals surface area contributed by atoms with Crippen LogP contribution in [0.4, 0.5) is 0 Å². The lowest BCUT2D eigenvalue weighted by atomic mass is 10.0. The van der Waals surface area contributed by atoms with Crippen molar-refractivity contribution in [2.45, 2.75) is 51.0 Å². The van der Waals surface area contributed by atoms with Gasteiger partial charge in [0.1, 0.15) is 12.1 Å². The van der Waals surface area contributed by atoms with Crippen molar-refractivity contribution in [3.05, 3.63) is 65.0 Å². The van der Waals surface area contributed by atoms with Gasteiger partial charge in [0.25, 0.3) is 5.91 Å². The fourth-order valence-corrected chi connectivity index (χ4v) is 6.82. The summed E-state index contributed by atoms with van der Waals surface area (Å²) in [5, 5.41) is 16.1. The number of thiophene rings is 1. The minimum Gasteiger partial charge on any atom is -0.354 e. The van der Waals surface area contributed by atoms with Crippen molar-refractivity contribution in [1.82, 2.24) is 14.9 Å². The second kappa shape index (κ2) is 13.5. The molecule has 0 spiro atoms. The highest BCUT2D eigenvalue weighted by Crippen LogP contribution is 2.25. The zero-order valence-corrected chi connectivity index (χ0v) is 23.6. The minimum absolute atomic E-state index is 0.0130. The lowest BCUT2D eigenvalue weighted by Gasteiger charge is -2.23. The summed E-state index contributed by atoms with van der Waals surface area (Å²) in [7, 11) is -3.85. The predicted molar refractivity (Wildman–Crippen MR) is 150 cm³/mol. The fraction of sp³-hybridized carbons (Fsp3) is 0.393. The molecule has 1 atom stereocenters. The van der Waals surface area contributed by atoms with Gasteiger partial charge in [0.05, 0.1) is 15.3 Å². The van der Waals surface area contributed by atoms with E-state index in [1.807, 2.05) is 57.2 Å². The van der Waals surface area contributed by atoms with Crippen LogP contribution >= 0.6 is 11.3 Å². The molecule has 2 N–H and O–H groups in total. The number of carbonyl (C=O) groups excluding carboxylic acids is 2. The Labute approximate surface area is 228 Å². The Morgan fingerprint density at radius 2 is 1.79 bits per heavy atom. The standard InChI is InChI=1S/C28H34N4O4S2/c1-4-15-32(38(35,36)26-13-8-6-11-22(26)19-29)16-9-14-30-27(33)23(17-20(2)3)31-28(34)25-18-21-10-5-7-12-24(21)37-25/h5-8,10-13,18,20,23H,4,9,14-17H2,1-3H3,(H,30,33)(H,31,34)/t23-/m0/s1. The number of rotatable bonds is 13. The number of hydrogen-bond acceptors (Lipinski definition) is 6. The first-order valence-corrected chi connectivity index (χ1v) is 15.0. The van der Waals surface area contributed by atoms with Gasteiger partial charge in [0.2, 0.25) is 15.9 Å². The van der Waals surface area contributed by atoms with E-state index in [0.717, 1.165) is 10.1 Å². The molecule has 0 saturated heterocycles. The van der Waals surface area contributed by atoms with Crippen molar-refractivity contribution in [2.75, 3.05) is 19.6 Å². The maximum atomic E-state index is 13.2. The summed E-state index contributed by atoms with van der Waals surface area (Å²) >= 11 is 1.38. The van der Waals surface area contributed by atoms with Gasteiger partial charge in [-0.15, -0.1) is 11.3 Å². The highest BCUT2D eigenvalue weighted by Gasteiger charge is 2.27. The largest absolute Gasteiger partial charge is 0.354 e. The molecule has 0 aliphatic carbocycles. The van der Waals surface area contributed by atoms with Gasteiger partial charge >= 0.3 is 0 Å². The second-order valence-electron chi connectivity index (χ2n) is 9.46. The Kier molecular flexibility index (Phi) is 10.4. The van der Waals surface area contributed by atoms with Crippen molar-refractivity contribution in [3.63, 3.8) is 0 Å². The van der Waals surface area contributed by atoms with E-state index in [4.69, 9.17) is 0 Å². The Bertz CT molecular complexity index is 1380. The third-order valence-electron chi connectivity index (χ3n) is 5.96. The molecule has 8 nitrogen and oxygen atoms in total. The molecule has 0 aliphatic rings. The van der Waals surface area contributed by atoms with E-state index in [2.05, 4.69) is 10.6 Å². The SMILES string of the molecule is CCCN(CCCNC(=O)[C@H](CC(C)C)NC(=O)c1cc2ccccc2s1)S(=O)(=O)c1ccccc1C#N. The van der Waals surface area contributed by atoms with Crippen molar-refractivity contribution in [2.24, 2.45) is 5.92 Å². The molecule has 0 fully saturated rings. The van der Waals surface area contributed by atoms with Crippen LogP contribution in [0.15, 0.2) is 59.5 Å². The maximum absolute atomic E-state index is 13.2. The van der Waals surface area contributed by atoms with Crippen LogP contribution in [0.25, 0.3) is 10.1 Å². The van der Waals surface area contributed by atoms with Crippen LogP contribution < -0.4 is 10.6 Å². The van der Waals surface area contributed by atoms with Crippen LogP contribution in [0.2, 0.25) is 0 Å². The van der Waals surface area contributed by atoms with Crippen LogP contribution in [-0.2, 0) is 14.8 Å². The first-order chi connectivity index (χ1) is 18.2. The number of sulfonamides is 1. The van der Waals surface area contributed by atoms with Gasteiger partial charge < -0.3 is 10.6 Å². The maximum Gasteiger partial charge on any atom is 0.262 e. The Hall–Kier alpha value is -3.26. The number of hydrogen-bond donors (Lipinski definition) is 2. The molecule has 2 amide bonds. The molecule has 0 radical (unpaired) electrons. The van der Waals surface area contributed by atoms with Crippen LogP contribution in [-0.4, -0.2) is 50.2 Å². The first-order valence-electron chi connectivity index (χ1n) is 12.7. The van der Waals surface area contributed by atoms with E-state index >= 15 is 0 Å². The van der Waals surface area contributed by atoms with Gasteiger partial charge in [-0.1, -0.05) is 51.1 Å². The van der Waals surface area contributed by atoms with Gasteiger partial charge in [-0.05, 0) is 54.8 Å². The molecular formula is C28H34N4O4S2. The molecule has 3 rings (SSSR count). The van der Waals surface area contributed by atoms with Gasteiger partial charge in [-0.3, -0.25) is 9.59 Å². The fourth-order valence-electron chi connectivity index (χ4n) is 4.14. The molecule has 10 heteroatoms. The van der Waals surface area contributed by atoms with E-state index in [-0.39, 0.29) is 41.3 Å². The number of nitriles is 1. The third-order valence-corrected chi connectivity index (χ3v) is 9.03. The molecule has 0 saturated carbocycles. The number of amides is 2. The summed E-state index contributed by atoms with van der Waals surface area (Å²) in [6.45, 7) is 6.60. The summed E-state index contributed by atoms with van der Waals surface area (Å²) < 4.78 is 28.8. The molecule has 3 aromatic rings. The van der Waals surface area contributed by atoms with E-state index in [1.165, 1.54) is 27.8 Å². The lowest BCUT2D eigenvalue weighted by Crippen LogP contribution is -2.47. The molecule has 0 bridgehead atoms. The quantitative estimate of drug-likeness (QED) is 0.301. The highest BCUT2D eigenvalue weighted by molar-refractivity contribution is 7.89. The van der Waals surface area contributed by atoms with Crippen molar-refractivity contribution in [1.29, 1.82) is 5.26 Å². The van der Waals surface area contributed by atoms with E-state index < -0.39 is 16.1 Å². The summed E-state index contributed by atoms with van der Waals surface area (Å²) in [5.41, 5.74) is 0.104. The summed E-state index contributed by atoms with van der Waals surface area (Å²) in [5.74, 6) is -0.407. The monoisotopic (exact) mass is 554 g/mol. The Morgan fingerprint density at radius 3 is 2.47 bits per heavy atom. The summed E-state index contributed by atoms with van der Waals surface area (Å²) in [6.07, 6.45) is 1.47. The molecule has 2 aromatic carbocycles. The molecule has 38 heavy (non-hydrogen) atoms. The zero-order valence-electron chi connectivity index (χ0n) is 21.9. The number of nitrogens with zero attached hydrogens (tertiary/aromatic N) is 2. The Morgan fingerprint density at radius 1 is 1.08 bits per heavy atom. The number of benzene rings is 2. The number of fused-ring (bicyclic) bond motifs is 1.